The predicted octanol–water partition coefficient (Wildman–Crippen LogP) is 1.37. The summed E-state index contributed by atoms with van der Waals surface area (Å²) in [5.74, 6) is -3.57. The van der Waals surface area contributed by atoms with Gasteiger partial charge in [0.15, 0.2) is 11.0 Å². The molecule has 1 aromatic carbocycles. The summed E-state index contributed by atoms with van der Waals surface area (Å²) >= 11 is 0.858. The number of fused-ring (bicyclic) bond motifs is 1. The number of benzene rings is 1. The van der Waals surface area contributed by atoms with E-state index in [4.69, 9.17) is 10.8 Å². The first-order chi connectivity index (χ1) is 9.88. The highest BCUT2D eigenvalue weighted by Crippen LogP contribution is 2.27. The largest absolute Gasteiger partial charge is 0.481 e. The number of carboxylic acid groups (broad SMARTS) is 1. The van der Waals surface area contributed by atoms with Crippen molar-refractivity contribution in [3.8, 4) is 0 Å². The molecule has 0 saturated heterocycles. The molecule has 1 heterocycles. The molecule has 0 saturated carbocycles. The molecule has 0 radical (unpaired) electrons. The summed E-state index contributed by atoms with van der Waals surface area (Å²) in [6.45, 7) is 0.0661. The average Bonchev–Trinajstić information content (AvgIpc) is 2.72. The summed E-state index contributed by atoms with van der Waals surface area (Å²) in [5.41, 5.74) is 5.14. The summed E-state index contributed by atoms with van der Waals surface area (Å²) in [7, 11) is 0. The molecular formula is C12H11F2N3O3S. The van der Waals surface area contributed by atoms with Gasteiger partial charge >= 0.3 is 5.97 Å². The van der Waals surface area contributed by atoms with E-state index in [1.54, 1.807) is 0 Å². The normalized spacial score (nSPS) is 11.0. The molecule has 3 N–H and O–H groups in total. The first kappa shape index (κ1) is 15.2. The Morgan fingerprint density at radius 1 is 1.38 bits per heavy atom. The third-order valence-electron chi connectivity index (χ3n) is 2.64. The van der Waals surface area contributed by atoms with Crippen LogP contribution in [0.2, 0.25) is 0 Å². The fourth-order valence-corrected chi connectivity index (χ4v) is 2.56. The predicted molar refractivity (Wildman–Crippen MR) is 71.8 cm³/mol. The maximum Gasteiger partial charge on any atom is 0.313 e. The number of aromatic nitrogens is 2. The van der Waals surface area contributed by atoms with Gasteiger partial charge in [-0.2, -0.15) is 0 Å². The number of aryl methyl sites for hydroxylation is 1. The zero-order chi connectivity index (χ0) is 15.6. The third-order valence-corrected chi connectivity index (χ3v) is 3.60. The molecule has 0 aliphatic rings. The Bertz CT molecular complexity index is 717. The van der Waals surface area contributed by atoms with Crippen LogP contribution in [0.4, 0.5) is 8.78 Å². The van der Waals surface area contributed by atoms with Crippen LogP contribution >= 0.6 is 11.8 Å². The Labute approximate surface area is 121 Å². The van der Waals surface area contributed by atoms with Crippen LogP contribution in [0.3, 0.4) is 0 Å². The lowest BCUT2D eigenvalue weighted by molar-refractivity contribution is -0.134. The monoisotopic (exact) mass is 315 g/mol. The number of primary amides is 1. The number of hydrogen-bond donors (Lipinski definition) is 2. The molecule has 9 heteroatoms. The molecule has 0 fully saturated rings. The molecule has 112 valence electrons. The lowest BCUT2D eigenvalue weighted by Crippen LogP contribution is -2.14. The zero-order valence-electron chi connectivity index (χ0n) is 10.7. The molecule has 0 spiro atoms. The molecule has 21 heavy (non-hydrogen) atoms. The number of aliphatic carboxylic acids is 1. The van der Waals surface area contributed by atoms with Crippen molar-refractivity contribution in [3.05, 3.63) is 23.8 Å². The van der Waals surface area contributed by atoms with Crippen LogP contribution in [0.25, 0.3) is 11.0 Å². The summed E-state index contributed by atoms with van der Waals surface area (Å²) in [6.07, 6.45) is -0.0514. The van der Waals surface area contributed by atoms with E-state index in [2.05, 4.69) is 4.98 Å². The number of halogens is 2. The third kappa shape index (κ3) is 3.48. The van der Waals surface area contributed by atoms with Gasteiger partial charge in [0.2, 0.25) is 5.91 Å². The maximum atomic E-state index is 13.7. The molecule has 2 rings (SSSR count). The molecule has 0 unspecified atom stereocenters. The molecule has 0 bridgehead atoms. The smallest absolute Gasteiger partial charge is 0.313 e. The van der Waals surface area contributed by atoms with Crippen LogP contribution in [-0.4, -0.2) is 32.3 Å². The highest BCUT2D eigenvalue weighted by Gasteiger charge is 2.17. The second-order valence-electron chi connectivity index (χ2n) is 4.20. The quantitative estimate of drug-likeness (QED) is 0.784. The van der Waals surface area contributed by atoms with Crippen molar-refractivity contribution >= 4 is 34.7 Å². The number of nitrogens with two attached hydrogens (primary N) is 1. The van der Waals surface area contributed by atoms with Gasteiger partial charge in [-0.3, -0.25) is 9.59 Å². The second kappa shape index (κ2) is 6.08. The Hall–Kier alpha value is -2.16. The van der Waals surface area contributed by atoms with Gasteiger partial charge in [-0.05, 0) is 0 Å². The second-order valence-corrected chi connectivity index (χ2v) is 5.14. The summed E-state index contributed by atoms with van der Waals surface area (Å²) in [5, 5.41) is 8.88. The Morgan fingerprint density at radius 2 is 2.10 bits per heavy atom. The van der Waals surface area contributed by atoms with Gasteiger partial charge in [0.1, 0.15) is 11.3 Å². The lowest BCUT2D eigenvalue weighted by atomic mass is 10.3. The minimum atomic E-state index is -1.07. The summed E-state index contributed by atoms with van der Waals surface area (Å²) < 4.78 is 28.4. The van der Waals surface area contributed by atoms with Crippen LogP contribution in [0.1, 0.15) is 6.42 Å². The molecular weight excluding hydrogens is 304 g/mol. The van der Waals surface area contributed by atoms with Gasteiger partial charge < -0.3 is 15.4 Å². The average molecular weight is 315 g/mol. The molecule has 2 aromatic rings. The van der Waals surface area contributed by atoms with E-state index in [1.807, 2.05) is 0 Å². The summed E-state index contributed by atoms with van der Waals surface area (Å²) in [4.78, 5) is 25.5. The number of carbonyl (C=O) groups is 2. The number of carbonyl (C=O) groups excluding carboxylic acids is 1. The van der Waals surface area contributed by atoms with E-state index < -0.39 is 23.5 Å². The Kier molecular flexibility index (Phi) is 4.41. The van der Waals surface area contributed by atoms with Crippen LogP contribution in [-0.2, 0) is 16.1 Å². The van der Waals surface area contributed by atoms with E-state index >= 15 is 0 Å². The van der Waals surface area contributed by atoms with E-state index in [0.717, 1.165) is 17.8 Å². The molecule has 0 atom stereocenters. The number of hydrogen-bond acceptors (Lipinski definition) is 4. The number of nitrogens with zero attached hydrogens (tertiary/aromatic N) is 2. The molecule has 1 amide bonds. The number of thioether (sulfide) groups is 1. The van der Waals surface area contributed by atoms with Crippen molar-refractivity contribution in [2.75, 3.05) is 5.75 Å². The van der Waals surface area contributed by atoms with Crippen LogP contribution in [0, 0.1) is 11.6 Å². The van der Waals surface area contributed by atoms with Crippen molar-refractivity contribution < 1.29 is 23.5 Å². The fraction of sp³-hybridized carbons (Fsp3) is 0.250. The number of amides is 1. The Morgan fingerprint density at radius 3 is 2.71 bits per heavy atom. The van der Waals surface area contributed by atoms with Crippen molar-refractivity contribution in [3.63, 3.8) is 0 Å². The topological polar surface area (TPSA) is 98.2 Å². The Balaban J connectivity index is 2.48. The molecule has 0 aliphatic heterocycles. The van der Waals surface area contributed by atoms with Gasteiger partial charge in [-0.25, -0.2) is 13.8 Å². The number of imidazole rings is 1. The SMILES string of the molecule is NC(=O)CCn1c(SCC(=O)O)nc2c(F)cc(F)cc21. The van der Waals surface area contributed by atoms with Crippen molar-refractivity contribution in [1.82, 2.24) is 9.55 Å². The molecule has 1 aromatic heterocycles. The number of rotatable bonds is 6. The first-order valence-electron chi connectivity index (χ1n) is 5.86. The van der Waals surface area contributed by atoms with Crippen molar-refractivity contribution in [2.45, 2.75) is 18.1 Å². The number of carboxylic acids is 1. The fourth-order valence-electron chi connectivity index (χ4n) is 1.80. The van der Waals surface area contributed by atoms with E-state index in [9.17, 15) is 18.4 Å². The first-order valence-corrected chi connectivity index (χ1v) is 6.85. The van der Waals surface area contributed by atoms with Crippen LogP contribution in [0.5, 0.6) is 0 Å². The summed E-state index contributed by atoms with van der Waals surface area (Å²) in [6, 6.07) is 1.77. The lowest BCUT2D eigenvalue weighted by Gasteiger charge is -2.06. The van der Waals surface area contributed by atoms with Crippen molar-refractivity contribution in [1.29, 1.82) is 0 Å². The van der Waals surface area contributed by atoms with Gasteiger partial charge in [0, 0.05) is 25.1 Å². The highest BCUT2D eigenvalue weighted by atomic mass is 32.2. The highest BCUT2D eigenvalue weighted by molar-refractivity contribution is 7.99. The zero-order valence-corrected chi connectivity index (χ0v) is 11.5. The van der Waals surface area contributed by atoms with E-state index in [-0.39, 0.29) is 34.9 Å². The van der Waals surface area contributed by atoms with Gasteiger partial charge in [-0.15, -0.1) is 0 Å². The minimum absolute atomic E-state index is 0.0514. The standard InChI is InChI=1S/C12H11F2N3O3S/c13-6-3-7(14)11-8(4-6)17(2-1-9(15)18)12(16-11)21-5-10(19)20/h3-4H,1-2,5H2,(H2,15,18)(H,19,20). The minimum Gasteiger partial charge on any atom is -0.481 e. The van der Waals surface area contributed by atoms with Crippen LogP contribution < -0.4 is 5.73 Å². The van der Waals surface area contributed by atoms with Gasteiger partial charge in [0.05, 0.1) is 11.3 Å². The van der Waals surface area contributed by atoms with Gasteiger partial charge in [0.25, 0.3) is 0 Å². The van der Waals surface area contributed by atoms with Crippen LogP contribution in [0.15, 0.2) is 17.3 Å². The van der Waals surface area contributed by atoms with E-state index in [0.29, 0.717) is 6.07 Å². The maximum absolute atomic E-state index is 13.7. The van der Waals surface area contributed by atoms with Gasteiger partial charge in [-0.1, -0.05) is 11.8 Å². The molecule has 6 nitrogen and oxygen atoms in total. The van der Waals surface area contributed by atoms with E-state index in [1.165, 1.54) is 4.57 Å². The molecule has 0 aliphatic carbocycles. The van der Waals surface area contributed by atoms with Crippen molar-refractivity contribution in [2.24, 2.45) is 5.73 Å².